The van der Waals surface area contributed by atoms with E-state index < -0.39 is 27.3 Å². The van der Waals surface area contributed by atoms with E-state index in [4.69, 9.17) is 5.26 Å². The predicted octanol–water partition coefficient (Wildman–Crippen LogP) is 3.73. The summed E-state index contributed by atoms with van der Waals surface area (Å²) in [5.41, 5.74) is 0.0665. The van der Waals surface area contributed by atoms with E-state index in [0.29, 0.717) is 18.7 Å². The molecule has 0 bridgehead atoms. The summed E-state index contributed by atoms with van der Waals surface area (Å²) in [6.45, 7) is 0.634. The summed E-state index contributed by atoms with van der Waals surface area (Å²) in [6, 6.07) is 11.8. The van der Waals surface area contributed by atoms with Crippen molar-refractivity contribution in [3.63, 3.8) is 0 Å². The van der Waals surface area contributed by atoms with Crippen LogP contribution in [-0.4, -0.2) is 20.7 Å². The quantitative estimate of drug-likeness (QED) is 0.856. The van der Waals surface area contributed by atoms with Gasteiger partial charge in [-0.3, -0.25) is 4.31 Å². The van der Waals surface area contributed by atoms with Crippen molar-refractivity contribution in [2.24, 2.45) is 0 Å². The van der Waals surface area contributed by atoms with Crippen LogP contribution in [0.1, 0.15) is 23.1 Å². The Morgan fingerprint density at radius 1 is 1.19 bits per heavy atom. The number of benzene rings is 2. The molecule has 9 heteroatoms. The van der Waals surface area contributed by atoms with E-state index in [9.17, 15) is 21.6 Å². The molecule has 1 N–H and O–H groups in total. The van der Waals surface area contributed by atoms with Crippen LogP contribution in [0.2, 0.25) is 0 Å². The van der Waals surface area contributed by atoms with E-state index in [2.05, 4.69) is 5.32 Å². The first kappa shape index (κ1) is 19.0. The molecule has 1 saturated heterocycles. The van der Waals surface area contributed by atoms with E-state index in [-0.39, 0.29) is 18.0 Å². The van der Waals surface area contributed by atoms with E-state index in [1.165, 1.54) is 16.4 Å². The smallest absolute Gasteiger partial charge is 0.381 e. The second-order valence-corrected chi connectivity index (χ2v) is 8.15. The summed E-state index contributed by atoms with van der Waals surface area (Å²) < 4.78 is 64.5. The summed E-state index contributed by atoms with van der Waals surface area (Å²) in [7, 11) is -3.30. The number of hydrogen-bond acceptors (Lipinski definition) is 4. The Morgan fingerprint density at radius 3 is 2.59 bits per heavy atom. The standard InChI is InChI=1S/C18H16F3N3O2S/c19-18(20,21)17-10-15(6-5-14(17)11-22)23-12-13-3-1-4-16(9-13)24-7-2-8-27(24,25)26/h1,3-6,9-10,23H,2,7-8,12H2. The van der Waals surface area contributed by atoms with E-state index in [1.54, 1.807) is 24.3 Å². The Bertz CT molecular complexity index is 998. The van der Waals surface area contributed by atoms with Crippen LogP contribution in [0.3, 0.4) is 0 Å². The molecule has 0 aromatic heterocycles. The number of anilines is 2. The molecule has 0 unspecified atom stereocenters. The Hall–Kier alpha value is -2.73. The SMILES string of the molecule is N#Cc1ccc(NCc2cccc(N3CCCS3(=O)=O)c2)cc1C(F)(F)F. The van der Waals surface area contributed by atoms with Crippen LogP contribution in [0.25, 0.3) is 0 Å². The zero-order valence-electron chi connectivity index (χ0n) is 14.1. The van der Waals surface area contributed by atoms with Crippen LogP contribution in [-0.2, 0) is 22.7 Å². The van der Waals surface area contributed by atoms with Gasteiger partial charge in [0.1, 0.15) is 0 Å². The van der Waals surface area contributed by atoms with Gasteiger partial charge in [0.25, 0.3) is 0 Å². The number of sulfonamides is 1. The predicted molar refractivity (Wildman–Crippen MR) is 95.7 cm³/mol. The lowest BCUT2D eigenvalue weighted by molar-refractivity contribution is -0.137. The molecule has 0 radical (unpaired) electrons. The number of rotatable bonds is 4. The molecule has 1 aliphatic heterocycles. The number of hydrogen-bond donors (Lipinski definition) is 1. The fraction of sp³-hybridized carbons (Fsp3) is 0.278. The van der Waals surface area contributed by atoms with Crippen LogP contribution in [0.4, 0.5) is 24.5 Å². The van der Waals surface area contributed by atoms with Crippen LogP contribution < -0.4 is 9.62 Å². The summed E-state index contributed by atoms with van der Waals surface area (Å²) in [5, 5.41) is 11.7. The molecule has 142 valence electrons. The van der Waals surface area contributed by atoms with E-state index in [1.807, 2.05) is 0 Å². The summed E-state index contributed by atoms with van der Waals surface area (Å²) in [5.74, 6) is 0.112. The molecule has 0 saturated carbocycles. The minimum Gasteiger partial charge on any atom is -0.381 e. The molecule has 1 aliphatic rings. The highest BCUT2D eigenvalue weighted by atomic mass is 32.2. The molecule has 1 fully saturated rings. The van der Waals surface area contributed by atoms with E-state index >= 15 is 0 Å². The Balaban J connectivity index is 1.78. The normalized spacial score (nSPS) is 16.1. The molecular formula is C18H16F3N3O2S. The highest BCUT2D eigenvalue weighted by Gasteiger charge is 2.34. The van der Waals surface area contributed by atoms with Gasteiger partial charge in [-0.15, -0.1) is 0 Å². The summed E-state index contributed by atoms with van der Waals surface area (Å²) in [6.07, 6.45) is -4.05. The van der Waals surface area contributed by atoms with Gasteiger partial charge in [-0.1, -0.05) is 12.1 Å². The maximum atomic E-state index is 13.0. The van der Waals surface area contributed by atoms with Gasteiger partial charge in [-0.05, 0) is 42.3 Å². The van der Waals surface area contributed by atoms with Gasteiger partial charge in [0.15, 0.2) is 0 Å². The maximum absolute atomic E-state index is 13.0. The summed E-state index contributed by atoms with van der Waals surface area (Å²) >= 11 is 0. The van der Waals surface area contributed by atoms with Crippen LogP contribution in [0, 0.1) is 11.3 Å². The number of nitriles is 1. The van der Waals surface area contributed by atoms with Crippen LogP contribution in [0.5, 0.6) is 0 Å². The molecule has 0 spiro atoms. The molecule has 1 heterocycles. The largest absolute Gasteiger partial charge is 0.417 e. The first-order valence-electron chi connectivity index (χ1n) is 8.15. The third kappa shape index (κ3) is 4.17. The van der Waals surface area contributed by atoms with Crippen LogP contribution >= 0.6 is 0 Å². The topological polar surface area (TPSA) is 73.2 Å². The first-order chi connectivity index (χ1) is 12.7. The van der Waals surface area contributed by atoms with Gasteiger partial charge in [0, 0.05) is 18.8 Å². The van der Waals surface area contributed by atoms with Crippen molar-refractivity contribution in [1.29, 1.82) is 5.26 Å². The molecule has 0 atom stereocenters. The first-order valence-corrected chi connectivity index (χ1v) is 9.76. The fourth-order valence-electron chi connectivity index (χ4n) is 2.94. The Morgan fingerprint density at radius 2 is 1.96 bits per heavy atom. The second kappa shape index (κ2) is 7.12. The second-order valence-electron chi connectivity index (χ2n) is 6.14. The van der Waals surface area contributed by atoms with Crippen molar-refractivity contribution in [3.05, 3.63) is 59.2 Å². The maximum Gasteiger partial charge on any atom is 0.417 e. The molecule has 27 heavy (non-hydrogen) atoms. The lowest BCUT2D eigenvalue weighted by Crippen LogP contribution is -2.25. The third-order valence-corrected chi connectivity index (χ3v) is 6.11. The molecule has 2 aromatic rings. The van der Waals surface area contributed by atoms with Gasteiger partial charge in [-0.25, -0.2) is 8.42 Å². The fourth-order valence-corrected chi connectivity index (χ4v) is 4.50. The van der Waals surface area contributed by atoms with Crippen molar-refractivity contribution in [3.8, 4) is 6.07 Å². The zero-order valence-corrected chi connectivity index (χ0v) is 14.9. The number of nitrogens with one attached hydrogen (secondary N) is 1. The minimum absolute atomic E-state index is 0.112. The van der Waals surface area contributed by atoms with Crippen molar-refractivity contribution in [2.45, 2.75) is 19.1 Å². The molecule has 0 amide bonds. The lowest BCUT2D eigenvalue weighted by atomic mass is 10.1. The van der Waals surface area contributed by atoms with Crippen molar-refractivity contribution in [1.82, 2.24) is 0 Å². The number of alkyl halides is 3. The molecule has 0 aliphatic carbocycles. The van der Waals surface area contributed by atoms with Gasteiger partial charge in [-0.2, -0.15) is 18.4 Å². The third-order valence-electron chi connectivity index (χ3n) is 4.24. The molecule has 5 nitrogen and oxygen atoms in total. The zero-order chi connectivity index (χ0) is 19.7. The Kier molecular flexibility index (Phi) is 5.02. The van der Waals surface area contributed by atoms with Gasteiger partial charge in [0.2, 0.25) is 10.0 Å². The summed E-state index contributed by atoms with van der Waals surface area (Å²) in [4.78, 5) is 0. The molecule has 2 aromatic carbocycles. The van der Waals surface area contributed by atoms with E-state index in [0.717, 1.165) is 17.7 Å². The highest BCUT2D eigenvalue weighted by Crippen LogP contribution is 2.33. The molecular weight excluding hydrogens is 379 g/mol. The average Bonchev–Trinajstić information content (AvgIpc) is 2.98. The van der Waals surface area contributed by atoms with Crippen molar-refractivity contribution >= 4 is 21.4 Å². The minimum atomic E-state index is -4.62. The highest BCUT2D eigenvalue weighted by molar-refractivity contribution is 7.93. The monoisotopic (exact) mass is 395 g/mol. The Labute approximate surface area is 155 Å². The molecule has 3 rings (SSSR count). The van der Waals surface area contributed by atoms with Crippen molar-refractivity contribution < 1.29 is 21.6 Å². The average molecular weight is 395 g/mol. The van der Waals surface area contributed by atoms with Gasteiger partial charge in [0.05, 0.1) is 28.6 Å². The number of nitrogens with zero attached hydrogens (tertiary/aromatic N) is 2. The number of halogens is 3. The lowest BCUT2D eigenvalue weighted by Gasteiger charge is -2.18. The van der Waals surface area contributed by atoms with Crippen LogP contribution in [0.15, 0.2) is 42.5 Å². The van der Waals surface area contributed by atoms with Gasteiger partial charge >= 0.3 is 6.18 Å². The van der Waals surface area contributed by atoms with Crippen molar-refractivity contribution in [2.75, 3.05) is 21.9 Å². The van der Waals surface area contributed by atoms with Gasteiger partial charge < -0.3 is 5.32 Å².